The van der Waals surface area contributed by atoms with Crippen molar-refractivity contribution in [2.24, 2.45) is 0 Å². The molecule has 0 fully saturated rings. The van der Waals surface area contributed by atoms with Crippen molar-refractivity contribution in [3.8, 4) is 11.5 Å². The summed E-state index contributed by atoms with van der Waals surface area (Å²) >= 11 is 0. The Morgan fingerprint density at radius 2 is 1.72 bits per heavy atom. The maximum atomic E-state index is 12.2. The van der Waals surface area contributed by atoms with Crippen LogP contribution in [-0.4, -0.2) is 34.6 Å². The zero-order chi connectivity index (χ0) is 17.9. The van der Waals surface area contributed by atoms with Crippen LogP contribution in [0, 0.1) is 0 Å². The molecule has 0 saturated carbocycles. The number of carbonyl (C=O) groups is 1. The molecule has 1 aliphatic rings. The fourth-order valence-electron chi connectivity index (χ4n) is 2.42. The minimum absolute atomic E-state index is 0.139. The summed E-state index contributed by atoms with van der Waals surface area (Å²) in [5, 5.41) is 2.74. The number of nitrogens with one attached hydrogen (secondary N) is 2. The minimum Gasteiger partial charge on any atom is -0.486 e. The summed E-state index contributed by atoms with van der Waals surface area (Å²) < 4.78 is 36.5. The van der Waals surface area contributed by atoms with Gasteiger partial charge in [-0.3, -0.25) is 4.79 Å². The first kappa shape index (κ1) is 17.2. The number of hydrogen-bond donors (Lipinski definition) is 2. The number of rotatable bonds is 5. The smallest absolute Gasteiger partial charge is 0.240 e. The van der Waals surface area contributed by atoms with E-state index >= 15 is 0 Å². The molecule has 0 unspecified atom stereocenters. The lowest BCUT2D eigenvalue weighted by atomic mass is 10.1. The Kier molecular flexibility index (Phi) is 4.91. The van der Waals surface area contributed by atoms with Crippen LogP contribution in [0.4, 0.5) is 5.69 Å². The molecule has 1 heterocycles. The summed E-state index contributed by atoms with van der Waals surface area (Å²) in [7, 11) is -2.14. The van der Waals surface area contributed by atoms with Gasteiger partial charge in [-0.25, -0.2) is 13.1 Å². The molecule has 2 N–H and O–H groups in total. The first-order valence-corrected chi connectivity index (χ1v) is 9.18. The van der Waals surface area contributed by atoms with Crippen molar-refractivity contribution < 1.29 is 22.7 Å². The van der Waals surface area contributed by atoms with Crippen LogP contribution in [-0.2, 0) is 21.2 Å². The van der Waals surface area contributed by atoms with Crippen molar-refractivity contribution in [2.45, 2.75) is 11.3 Å². The van der Waals surface area contributed by atoms with Gasteiger partial charge in [-0.05, 0) is 49.0 Å². The van der Waals surface area contributed by atoms with Crippen LogP contribution in [0.1, 0.15) is 5.56 Å². The van der Waals surface area contributed by atoms with Crippen LogP contribution in [0.3, 0.4) is 0 Å². The summed E-state index contributed by atoms with van der Waals surface area (Å²) in [4.78, 5) is 12.3. The maximum Gasteiger partial charge on any atom is 0.240 e. The maximum absolute atomic E-state index is 12.2. The van der Waals surface area contributed by atoms with Gasteiger partial charge in [-0.2, -0.15) is 0 Å². The van der Waals surface area contributed by atoms with E-state index < -0.39 is 10.0 Å². The Hall–Kier alpha value is -2.58. The number of fused-ring (bicyclic) bond motifs is 1. The zero-order valence-electron chi connectivity index (χ0n) is 13.6. The standard InChI is InChI=1S/C17H18N2O5S/c1-18-25(21,22)14-5-3-13(4-6-14)19-17(20)11-12-2-7-15-16(10-12)24-9-8-23-15/h2-7,10,18H,8-9,11H2,1H3,(H,19,20). The van der Waals surface area contributed by atoms with Crippen molar-refractivity contribution in [3.05, 3.63) is 48.0 Å². The lowest BCUT2D eigenvalue weighted by molar-refractivity contribution is -0.115. The first-order valence-electron chi connectivity index (χ1n) is 7.70. The highest BCUT2D eigenvalue weighted by Crippen LogP contribution is 2.30. The van der Waals surface area contributed by atoms with Crippen LogP contribution in [0.5, 0.6) is 11.5 Å². The van der Waals surface area contributed by atoms with Gasteiger partial charge in [0, 0.05) is 5.69 Å². The molecular formula is C17H18N2O5S. The molecule has 0 atom stereocenters. The number of benzene rings is 2. The number of anilines is 1. The van der Waals surface area contributed by atoms with Gasteiger partial charge in [0.05, 0.1) is 11.3 Å². The van der Waals surface area contributed by atoms with Crippen molar-refractivity contribution in [1.82, 2.24) is 4.72 Å². The van der Waals surface area contributed by atoms with E-state index in [0.717, 1.165) is 5.56 Å². The Balaban J connectivity index is 1.65. The van der Waals surface area contributed by atoms with E-state index in [0.29, 0.717) is 30.4 Å². The second-order valence-corrected chi connectivity index (χ2v) is 7.32. The van der Waals surface area contributed by atoms with E-state index in [4.69, 9.17) is 9.47 Å². The minimum atomic E-state index is -3.49. The van der Waals surface area contributed by atoms with Crippen molar-refractivity contribution >= 4 is 21.6 Å². The molecule has 25 heavy (non-hydrogen) atoms. The molecule has 0 spiro atoms. The average molecular weight is 362 g/mol. The van der Waals surface area contributed by atoms with Gasteiger partial charge < -0.3 is 14.8 Å². The summed E-state index contributed by atoms with van der Waals surface area (Å²) in [6.45, 7) is 1.01. The molecule has 0 aliphatic carbocycles. The number of sulfonamides is 1. The summed E-state index contributed by atoms with van der Waals surface area (Å²) in [5.74, 6) is 1.11. The summed E-state index contributed by atoms with van der Waals surface area (Å²) in [5.41, 5.74) is 1.33. The monoisotopic (exact) mass is 362 g/mol. The van der Waals surface area contributed by atoms with E-state index in [1.54, 1.807) is 24.3 Å². The molecule has 0 bridgehead atoms. The first-order chi connectivity index (χ1) is 12.0. The van der Waals surface area contributed by atoms with E-state index in [9.17, 15) is 13.2 Å². The zero-order valence-corrected chi connectivity index (χ0v) is 14.4. The fraction of sp³-hybridized carbons (Fsp3) is 0.235. The number of carbonyl (C=O) groups excluding carboxylic acids is 1. The third-order valence-electron chi connectivity index (χ3n) is 3.69. The third kappa shape index (κ3) is 4.09. The second-order valence-electron chi connectivity index (χ2n) is 5.43. The van der Waals surface area contributed by atoms with Gasteiger partial charge in [-0.15, -0.1) is 0 Å². The van der Waals surface area contributed by atoms with E-state index in [-0.39, 0.29) is 17.2 Å². The normalized spacial score (nSPS) is 13.3. The highest BCUT2D eigenvalue weighted by molar-refractivity contribution is 7.89. The number of amides is 1. The molecule has 132 valence electrons. The average Bonchev–Trinajstić information content (AvgIpc) is 2.62. The van der Waals surface area contributed by atoms with Crippen molar-refractivity contribution in [3.63, 3.8) is 0 Å². The molecule has 2 aromatic carbocycles. The van der Waals surface area contributed by atoms with E-state index in [2.05, 4.69) is 10.0 Å². The highest BCUT2D eigenvalue weighted by Gasteiger charge is 2.14. The fourth-order valence-corrected chi connectivity index (χ4v) is 3.15. The lowest BCUT2D eigenvalue weighted by Crippen LogP contribution is -2.19. The predicted molar refractivity (Wildman–Crippen MR) is 92.5 cm³/mol. The molecule has 3 rings (SSSR count). The molecule has 7 nitrogen and oxygen atoms in total. The summed E-state index contributed by atoms with van der Waals surface area (Å²) in [6, 6.07) is 11.4. The SMILES string of the molecule is CNS(=O)(=O)c1ccc(NC(=O)Cc2ccc3c(c2)OCCO3)cc1. The Labute approximate surface area is 146 Å². The quantitative estimate of drug-likeness (QED) is 0.842. The molecule has 0 aromatic heterocycles. The number of ether oxygens (including phenoxy) is 2. The molecule has 0 saturated heterocycles. The number of hydrogen-bond acceptors (Lipinski definition) is 5. The van der Waals surface area contributed by atoms with Crippen LogP contribution < -0.4 is 19.5 Å². The lowest BCUT2D eigenvalue weighted by Gasteiger charge is -2.18. The molecule has 0 radical (unpaired) electrons. The molecule has 1 amide bonds. The Bertz CT molecular complexity index is 878. The molecular weight excluding hydrogens is 344 g/mol. The van der Waals surface area contributed by atoms with Crippen LogP contribution in [0.15, 0.2) is 47.4 Å². The van der Waals surface area contributed by atoms with Gasteiger partial charge in [0.1, 0.15) is 13.2 Å². The Morgan fingerprint density at radius 1 is 1.04 bits per heavy atom. The van der Waals surface area contributed by atoms with Crippen LogP contribution in [0.2, 0.25) is 0 Å². The molecule has 2 aromatic rings. The van der Waals surface area contributed by atoms with E-state index in [1.165, 1.54) is 19.2 Å². The van der Waals surface area contributed by atoms with Crippen molar-refractivity contribution in [2.75, 3.05) is 25.6 Å². The summed E-state index contributed by atoms with van der Waals surface area (Å²) in [6.07, 6.45) is 0.174. The van der Waals surface area contributed by atoms with Crippen molar-refractivity contribution in [1.29, 1.82) is 0 Å². The van der Waals surface area contributed by atoms with Gasteiger partial charge in [-0.1, -0.05) is 6.07 Å². The topological polar surface area (TPSA) is 93.7 Å². The van der Waals surface area contributed by atoms with Gasteiger partial charge in [0.25, 0.3) is 0 Å². The molecule has 8 heteroatoms. The second kappa shape index (κ2) is 7.12. The van der Waals surface area contributed by atoms with Gasteiger partial charge in [0.15, 0.2) is 11.5 Å². The van der Waals surface area contributed by atoms with Crippen LogP contribution >= 0.6 is 0 Å². The Morgan fingerprint density at radius 3 is 2.40 bits per heavy atom. The predicted octanol–water partition coefficient (Wildman–Crippen LogP) is 1.55. The largest absolute Gasteiger partial charge is 0.486 e. The van der Waals surface area contributed by atoms with Crippen LogP contribution in [0.25, 0.3) is 0 Å². The third-order valence-corrected chi connectivity index (χ3v) is 5.12. The van der Waals surface area contributed by atoms with Gasteiger partial charge >= 0.3 is 0 Å². The van der Waals surface area contributed by atoms with E-state index in [1.807, 2.05) is 6.07 Å². The molecule has 1 aliphatic heterocycles. The van der Waals surface area contributed by atoms with Gasteiger partial charge in [0.2, 0.25) is 15.9 Å². The highest BCUT2D eigenvalue weighted by atomic mass is 32.2.